The van der Waals surface area contributed by atoms with Crippen LogP contribution in [0.25, 0.3) is 0 Å². The second-order valence-electron chi connectivity index (χ2n) is 5.23. The van der Waals surface area contributed by atoms with Gasteiger partial charge in [0.05, 0.1) is 10.8 Å². The number of primary sulfonamides is 1. The van der Waals surface area contributed by atoms with Crippen LogP contribution in [0.5, 0.6) is 0 Å². The van der Waals surface area contributed by atoms with E-state index < -0.39 is 21.9 Å². The summed E-state index contributed by atoms with van der Waals surface area (Å²) in [5.41, 5.74) is 0.536. The SMILES string of the molecule is CC1(C)[C@H](C(=O)O)[C@H]1c1ccc(S(N)(=O)=O)cc1. The average Bonchev–Trinajstić information content (AvgIpc) is 2.80. The van der Waals surface area contributed by atoms with Gasteiger partial charge in [-0.2, -0.15) is 0 Å². The predicted octanol–water partition coefficient (Wildman–Crippen LogP) is 1.16. The Labute approximate surface area is 106 Å². The van der Waals surface area contributed by atoms with E-state index in [1.54, 1.807) is 12.1 Å². The van der Waals surface area contributed by atoms with Gasteiger partial charge in [0.25, 0.3) is 0 Å². The van der Waals surface area contributed by atoms with Crippen LogP contribution in [0.1, 0.15) is 25.3 Å². The molecule has 0 aliphatic heterocycles. The summed E-state index contributed by atoms with van der Waals surface area (Å²) in [6, 6.07) is 6.10. The highest BCUT2D eigenvalue weighted by atomic mass is 32.2. The van der Waals surface area contributed by atoms with Crippen LogP contribution in [0, 0.1) is 11.3 Å². The molecule has 0 spiro atoms. The van der Waals surface area contributed by atoms with Gasteiger partial charge in [0.2, 0.25) is 10.0 Å². The molecule has 2 rings (SSSR count). The summed E-state index contributed by atoms with van der Waals surface area (Å²) >= 11 is 0. The minimum Gasteiger partial charge on any atom is -0.481 e. The van der Waals surface area contributed by atoms with Crippen LogP contribution >= 0.6 is 0 Å². The van der Waals surface area contributed by atoms with Gasteiger partial charge < -0.3 is 5.11 Å². The Bertz CT molecular complexity index is 589. The third-order valence-electron chi connectivity index (χ3n) is 3.66. The van der Waals surface area contributed by atoms with Gasteiger partial charge in [-0.1, -0.05) is 26.0 Å². The van der Waals surface area contributed by atoms with Crippen LogP contribution in [0.3, 0.4) is 0 Å². The van der Waals surface area contributed by atoms with Crippen molar-refractivity contribution in [2.24, 2.45) is 16.5 Å². The molecular formula is C12H15NO4S. The topological polar surface area (TPSA) is 97.5 Å². The van der Waals surface area contributed by atoms with E-state index in [1.165, 1.54) is 12.1 Å². The van der Waals surface area contributed by atoms with Crippen molar-refractivity contribution in [1.82, 2.24) is 0 Å². The van der Waals surface area contributed by atoms with Gasteiger partial charge in [-0.05, 0) is 23.1 Å². The molecule has 18 heavy (non-hydrogen) atoms. The van der Waals surface area contributed by atoms with Crippen molar-refractivity contribution in [3.8, 4) is 0 Å². The minimum atomic E-state index is -3.70. The van der Waals surface area contributed by atoms with E-state index in [2.05, 4.69) is 0 Å². The first kappa shape index (κ1) is 13.0. The number of carboxylic acids is 1. The largest absolute Gasteiger partial charge is 0.481 e. The third kappa shape index (κ3) is 2.02. The fourth-order valence-electron chi connectivity index (χ4n) is 2.59. The number of benzene rings is 1. The number of carbonyl (C=O) groups is 1. The van der Waals surface area contributed by atoms with E-state index >= 15 is 0 Å². The van der Waals surface area contributed by atoms with Crippen molar-refractivity contribution < 1.29 is 18.3 Å². The molecule has 0 amide bonds. The van der Waals surface area contributed by atoms with Gasteiger partial charge in [0.1, 0.15) is 0 Å². The summed E-state index contributed by atoms with van der Waals surface area (Å²) in [7, 11) is -3.70. The van der Waals surface area contributed by atoms with Crippen LogP contribution in [0.15, 0.2) is 29.2 Å². The molecule has 2 atom stereocenters. The van der Waals surface area contributed by atoms with Crippen LogP contribution in [-0.2, 0) is 14.8 Å². The number of carboxylic acid groups (broad SMARTS) is 1. The van der Waals surface area contributed by atoms with E-state index in [1.807, 2.05) is 13.8 Å². The average molecular weight is 269 g/mol. The van der Waals surface area contributed by atoms with Gasteiger partial charge in [0, 0.05) is 5.92 Å². The molecule has 1 aromatic carbocycles. The predicted molar refractivity (Wildman–Crippen MR) is 65.5 cm³/mol. The lowest BCUT2D eigenvalue weighted by Gasteiger charge is -2.04. The van der Waals surface area contributed by atoms with Crippen molar-refractivity contribution in [2.75, 3.05) is 0 Å². The van der Waals surface area contributed by atoms with E-state index in [-0.39, 0.29) is 16.2 Å². The highest BCUT2D eigenvalue weighted by Gasteiger charge is 2.62. The second-order valence-corrected chi connectivity index (χ2v) is 6.79. The molecule has 0 bridgehead atoms. The number of nitrogens with two attached hydrogens (primary N) is 1. The first-order chi connectivity index (χ1) is 8.15. The molecule has 0 radical (unpaired) electrons. The molecule has 98 valence electrons. The Morgan fingerprint density at radius 3 is 2.11 bits per heavy atom. The molecule has 0 heterocycles. The van der Waals surface area contributed by atoms with Crippen molar-refractivity contribution >= 4 is 16.0 Å². The number of rotatable bonds is 3. The second kappa shape index (κ2) is 3.80. The first-order valence-electron chi connectivity index (χ1n) is 5.51. The number of sulfonamides is 1. The van der Waals surface area contributed by atoms with E-state index in [9.17, 15) is 13.2 Å². The highest BCUT2D eigenvalue weighted by molar-refractivity contribution is 7.89. The lowest BCUT2D eigenvalue weighted by molar-refractivity contribution is -0.139. The maximum atomic E-state index is 11.1. The Hall–Kier alpha value is -1.40. The van der Waals surface area contributed by atoms with Gasteiger partial charge in [-0.3, -0.25) is 4.79 Å². The fraction of sp³-hybridized carbons (Fsp3) is 0.417. The maximum Gasteiger partial charge on any atom is 0.307 e. The summed E-state index contributed by atoms with van der Waals surface area (Å²) in [6.45, 7) is 3.79. The third-order valence-corrected chi connectivity index (χ3v) is 4.59. The molecule has 0 aromatic heterocycles. The van der Waals surface area contributed by atoms with E-state index in [0.717, 1.165) is 5.56 Å². The van der Waals surface area contributed by atoms with E-state index in [0.29, 0.717) is 0 Å². The van der Waals surface area contributed by atoms with Crippen molar-refractivity contribution in [1.29, 1.82) is 0 Å². The van der Waals surface area contributed by atoms with Gasteiger partial charge in [-0.15, -0.1) is 0 Å². The quantitative estimate of drug-likeness (QED) is 0.860. The fourth-order valence-corrected chi connectivity index (χ4v) is 3.10. The number of hydrogen-bond donors (Lipinski definition) is 2. The van der Waals surface area contributed by atoms with Crippen molar-refractivity contribution in [3.05, 3.63) is 29.8 Å². The Morgan fingerprint density at radius 1 is 1.28 bits per heavy atom. The lowest BCUT2D eigenvalue weighted by Crippen LogP contribution is -2.11. The van der Waals surface area contributed by atoms with Crippen LogP contribution in [-0.4, -0.2) is 19.5 Å². The normalized spacial score (nSPS) is 25.7. The summed E-state index contributed by atoms with van der Waals surface area (Å²) in [5.74, 6) is -1.32. The molecule has 0 unspecified atom stereocenters. The highest BCUT2D eigenvalue weighted by Crippen LogP contribution is 2.64. The maximum absolute atomic E-state index is 11.1. The number of aliphatic carboxylic acids is 1. The first-order valence-corrected chi connectivity index (χ1v) is 7.06. The summed E-state index contributed by atoms with van der Waals surface area (Å²) < 4.78 is 22.2. The van der Waals surface area contributed by atoms with Gasteiger partial charge >= 0.3 is 5.97 Å². The van der Waals surface area contributed by atoms with Crippen molar-refractivity contribution in [3.63, 3.8) is 0 Å². The van der Waals surface area contributed by atoms with Gasteiger partial charge in [-0.25, -0.2) is 13.6 Å². The van der Waals surface area contributed by atoms with Gasteiger partial charge in [0.15, 0.2) is 0 Å². The summed E-state index contributed by atoms with van der Waals surface area (Å²) in [4.78, 5) is 11.1. The zero-order chi connectivity index (χ0) is 13.7. The smallest absolute Gasteiger partial charge is 0.307 e. The Morgan fingerprint density at radius 2 is 1.78 bits per heavy atom. The summed E-state index contributed by atoms with van der Waals surface area (Å²) in [5, 5.41) is 14.1. The molecule has 5 nitrogen and oxygen atoms in total. The Balaban J connectivity index is 2.30. The van der Waals surface area contributed by atoms with E-state index in [4.69, 9.17) is 10.2 Å². The molecular weight excluding hydrogens is 254 g/mol. The van der Waals surface area contributed by atoms with Crippen LogP contribution in [0.4, 0.5) is 0 Å². The van der Waals surface area contributed by atoms with Crippen molar-refractivity contribution in [2.45, 2.75) is 24.7 Å². The zero-order valence-corrected chi connectivity index (χ0v) is 10.9. The molecule has 6 heteroatoms. The summed E-state index contributed by atoms with van der Waals surface area (Å²) in [6.07, 6.45) is 0. The molecule has 1 aromatic rings. The molecule has 1 fully saturated rings. The molecule has 0 saturated heterocycles. The monoisotopic (exact) mass is 269 g/mol. The number of hydrogen-bond acceptors (Lipinski definition) is 3. The molecule has 1 aliphatic carbocycles. The molecule has 3 N–H and O–H groups in total. The van der Waals surface area contributed by atoms with Crippen LogP contribution in [0.2, 0.25) is 0 Å². The minimum absolute atomic E-state index is 0.0385. The molecule has 1 saturated carbocycles. The lowest BCUT2D eigenvalue weighted by atomic mass is 10.0. The zero-order valence-electron chi connectivity index (χ0n) is 10.1. The van der Waals surface area contributed by atoms with Crippen LogP contribution < -0.4 is 5.14 Å². The molecule has 1 aliphatic rings. The standard InChI is InChI=1S/C12H15NO4S/c1-12(2)9(10(12)11(14)15)7-3-5-8(6-4-7)18(13,16)17/h3-6,9-10H,1-2H3,(H,14,15)(H2,13,16,17)/t9-,10+/m1/s1. The Kier molecular flexibility index (Phi) is 2.75.